The Bertz CT molecular complexity index is 1410. The van der Waals surface area contributed by atoms with Crippen molar-refractivity contribution < 1.29 is 14.0 Å². The van der Waals surface area contributed by atoms with Crippen molar-refractivity contribution in [3.8, 4) is 0 Å². The third-order valence-corrected chi connectivity index (χ3v) is 5.04. The highest BCUT2D eigenvalue weighted by Gasteiger charge is 2.19. The highest BCUT2D eigenvalue weighted by atomic mass is 19.1. The van der Waals surface area contributed by atoms with Crippen molar-refractivity contribution in [2.45, 2.75) is 20.4 Å². The van der Waals surface area contributed by atoms with Crippen LogP contribution < -0.4 is 10.7 Å². The smallest absolute Gasteiger partial charge is 0.244 e. The molecular weight excluding hydrogens is 409 g/mol. The summed E-state index contributed by atoms with van der Waals surface area (Å²) in [6, 6.07) is 15.7. The molecule has 0 saturated heterocycles. The van der Waals surface area contributed by atoms with Gasteiger partial charge in [-0.3, -0.25) is 14.4 Å². The zero-order chi connectivity index (χ0) is 22.8. The fraction of sp³-hybridized carbons (Fsp3) is 0.120. The Labute approximate surface area is 183 Å². The summed E-state index contributed by atoms with van der Waals surface area (Å²) < 4.78 is 14.9. The maximum atomic E-state index is 13.4. The molecular formula is C25H20FN3O3. The number of anilines is 1. The van der Waals surface area contributed by atoms with Crippen molar-refractivity contribution in [3.05, 3.63) is 105 Å². The number of halogens is 1. The van der Waals surface area contributed by atoms with Gasteiger partial charge >= 0.3 is 0 Å². The predicted molar refractivity (Wildman–Crippen MR) is 120 cm³/mol. The van der Waals surface area contributed by atoms with Gasteiger partial charge in [0.25, 0.3) is 0 Å². The topological polar surface area (TPSA) is 81.1 Å². The van der Waals surface area contributed by atoms with E-state index in [0.717, 1.165) is 5.56 Å². The Hall–Kier alpha value is -4.13. The summed E-state index contributed by atoms with van der Waals surface area (Å²) in [5, 5.41) is 2.86. The molecule has 0 bridgehead atoms. The number of rotatable bonds is 5. The maximum Gasteiger partial charge on any atom is 0.244 e. The van der Waals surface area contributed by atoms with Gasteiger partial charge in [-0.2, -0.15) is 0 Å². The molecule has 0 spiro atoms. The molecule has 0 saturated carbocycles. The molecule has 0 aliphatic heterocycles. The molecule has 32 heavy (non-hydrogen) atoms. The van der Waals surface area contributed by atoms with E-state index in [1.807, 2.05) is 6.92 Å². The van der Waals surface area contributed by atoms with Crippen molar-refractivity contribution in [1.29, 1.82) is 0 Å². The molecule has 2 heterocycles. The molecule has 4 rings (SSSR count). The number of benzene rings is 2. The van der Waals surface area contributed by atoms with E-state index in [4.69, 9.17) is 0 Å². The van der Waals surface area contributed by atoms with E-state index >= 15 is 0 Å². The Balaban J connectivity index is 1.76. The molecule has 0 unspecified atom stereocenters. The minimum absolute atomic E-state index is 0.0504. The summed E-state index contributed by atoms with van der Waals surface area (Å²) in [5.74, 6) is -1.35. The number of aromatic nitrogens is 2. The molecule has 6 nitrogen and oxygen atoms in total. The van der Waals surface area contributed by atoms with Gasteiger partial charge in [-0.1, -0.05) is 35.9 Å². The molecule has 2 aromatic heterocycles. The first-order valence-corrected chi connectivity index (χ1v) is 9.99. The van der Waals surface area contributed by atoms with Gasteiger partial charge in [0, 0.05) is 23.1 Å². The largest absolute Gasteiger partial charge is 0.324 e. The number of ketones is 1. The normalized spacial score (nSPS) is 10.8. The van der Waals surface area contributed by atoms with Crippen LogP contribution in [-0.2, 0) is 11.3 Å². The van der Waals surface area contributed by atoms with Crippen LogP contribution in [0.15, 0.2) is 71.7 Å². The van der Waals surface area contributed by atoms with Crippen LogP contribution in [0.5, 0.6) is 0 Å². The van der Waals surface area contributed by atoms with Crippen LogP contribution in [0, 0.1) is 19.7 Å². The monoisotopic (exact) mass is 429 g/mol. The van der Waals surface area contributed by atoms with E-state index in [-0.39, 0.29) is 17.5 Å². The minimum atomic E-state index is -0.472. The minimum Gasteiger partial charge on any atom is -0.324 e. The second kappa shape index (κ2) is 8.55. The highest BCUT2D eigenvalue weighted by Crippen LogP contribution is 2.15. The Morgan fingerprint density at radius 2 is 1.78 bits per heavy atom. The van der Waals surface area contributed by atoms with Gasteiger partial charge < -0.3 is 9.88 Å². The molecule has 4 aromatic rings. The SMILES string of the molecule is Cc1ccc(C(=O)c2cn(CC(=O)Nc3cccc(F)c3)c3nc(C)ccc3c2=O)cc1. The number of hydrogen-bond donors (Lipinski definition) is 1. The first-order valence-electron chi connectivity index (χ1n) is 9.99. The molecule has 0 atom stereocenters. The second-order valence-electron chi connectivity index (χ2n) is 7.58. The zero-order valence-corrected chi connectivity index (χ0v) is 17.6. The van der Waals surface area contributed by atoms with Crippen molar-refractivity contribution in [3.63, 3.8) is 0 Å². The van der Waals surface area contributed by atoms with Crippen molar-refractivity contribution >= 4 is 28.4 Å². The van der Waals surface area contributed by atoms with Crippen LogP contribution in [-0.4, -0.2) is 21.2 Å². The van der Waals surface area contributed by atoms with E-state index < -0.39 is 22.9 Å². The summed E-state index contributed by atoms with van der Waals surface area (Å²) in [4.78, 5) is 43.2. The van der Waals surface area contributed by atoms with Crippen LogP contribution >= 0.6 is 0 Å². The summed E-state index contributed by atoms with van der Waals surface area (Å²) >= 11 is 0. The maximum absolute atomic E-state index is 13.4. The number of carbonyl (C=O) groups excluding carboxylic acids is 2. The van der Waals surface area contributed by atoms with Gasteiger partial charge in [-0.25, -0.2) is 9.37 Å². The van der Waals surface area contributed by atoms with Gasteiger partial charge in [0.05, 0.1) is 10.9 Å². The number of hydrogen-bond acceptors (Lipinski definition) is 4. The molecule has 2 aromatic carbocycles. The number of carbonyl (C=O) groups is 2. The number of aryl methyl sites for hydroxylation is 2. The molecule has 160 valence electrons. The van der Waals surface area contributed by atoms with Crippen molar-refractivity contribution in [1.82, 2.24) is 9.55 Å². The Morgan fingerprint density at radius 1 is 1.03 bits per heavy atom. The van der Waals surface area contributed by atoms with E-state index in [2.05, 4.69) is 10.3 Å². The molecule has 7 heteroatoms. The molecule has 0 radical (unpaired) electrons. The second-order valence-corrected chi connectivity index (χ2v) is 7.58. The van der Waals surface area contributed by atoms with Crippen LogP contribution in [0.2, 0.25) is 0 Å². The number of amides is 1. The quantitative estimate of drug-likeness (QED) is 0.486. The van der Waals surface area contributed by atoms with Gasteiger partial charge in [0.1, 0.15) is 18.0 Å². The van der Waals surface area contributed by atoms with E-state index in [1.54, 1.807) is 49.4 Å². The molecule has 0 aliphatic carbocycles. The van der Waals surface area contributed by atoms with Gasteiger partial charge in [0.2, 0.25) is 11.3 Å². The molecule has 0 fully saturated rings. The van der Waals surface area contributed by atoms with Crippen LogP contribution in [0.25, 0.3) is 11.0 Å². The van der Waals surface area contributed by atoms with Crippen LogP contribution in [0.1, 0.15) is 27.2 Å². The lowest BCUT2D eigenvalue weighted by atomic mass is 10.0. The average molecular weight is 429 g/mol. The Kier molecular flexibility index (Phi) is 5.64. The first-order chi connectivity index (χ1) is 15.3. The lowest BCUT2D eigenvalue weighted by molar-refractivity contribution is -0.116. The van der Waals surface area contributed by atoms with Crippen LogP contribution in [0.3, 0.4) is 0 Å². The number of nitrogens with zero attached hydrogens (tertiary/aromatic N) is 2. The van der Waals surface area contributed by atoms with E-state index in [9.17, 15) is 18.8 Å². The summed E-state index contributed by atoms with van der Waals surface area (Å²) in [6.45, 7) is 3.47. The number of pyridine rings is 2. The Morgan fingerprint density at radius 3 is 2.50 bits per heavy atom. The zero-order valence-electron chi connectivity index (χ0n) is 17.6. The van der Waals surface area contributed by atoms with Crippen LogP contribution in [0.4, 0.5) is 10.1 Å². The van der Waals surface area contributed by atoms with E-state index in [0.29, 0.717) is 22.6 Å². The third-order valence-electron chi connectivity index (χ3n) is 5.04. The summed E-state index contributed by atoms with van der Waals surface area (Å²) in [5.41, 5.74) is 2.14. The van der Waals surface area contributed by atoms with Gasteiger partial charge in [0.15, 0.2) is 5.78 Å². The van der Waals surface area contributed by atoms with Crippen molar-refractivity contribution in [2.24, 2.45) is 0 Å². The predicted octanol–water partition coefficient (Wildman–Crippen LogP) is 4.02. The number of nitrogens with one attached hydrogen (secondary N) is 1. The van der Waals surface area contributed by atoms with Gasteiger partial charge in [-0.05, 0) is 44.2 Å². The summed E-state index contributed by atoms with van der Waals surface area (Å²) in [6.07, 6.45) is 1.37. The fourth-order valence-electron chi connectivity index (χ4n) is 3.42. The number of fused-ring (bicyclic) bond motifs is 1. The van der Waals surface area contributed by atoms with Gasteiger partial charge in [-0.15, -0.1) is 0 Å². The lowest BCUT2D eigenvalue weighted by Crippen LogP contribution is -2.25. The summed E-state index contributed by atoms with van der Waals surface area (Å²) in [7, 11) is 0. The lowest BCUT2D eigenvalue weighted by Gasteiger charge is -2.13. The van der Waals surface area contributed by atoms with Crippen molar-refractivity contribution in [2.75, 3.05) is 5.32 Å². The van der Waals surface area contributed by atoms with E-state index in [1.165, 1.54) is 29.0 Å². The first kappa shape index (κ1) is 21.1. The third kappa shape index (κ3) is 4.32. The standard InChI is InChI=1S/C25H20FN3O3/c1-15-6-9-17(10-7-15)23(31)21-13-29(25-20(24(21)32)11-8-16(2)27-25)14-22(30)28-19-5-3-4-18(26)12-19/h3-13H,14H2,1-2H3,(H,28,30). The molecule has 1 N–H and O–H groups in total. The fourth-order valence-corrected chi connectivity index (χ4v) is 3.42. The average Bonchev–Trinajstić information content (AvgIpc) is 2.75. The molecule has 0 aliphatic rings. The highest BCUT2D eigenvalue weighted by molar-refractivity contribution is 6.10. The molecule has 1 amide bonds.